The van der Waals surface area contributed by atoms with Crippen molar-refractivity contribution in [3.63, 3.8) is 0 Å². The molecular formula is C20H26ClN3O. The Kier molecular flexibility index (Phi) is 7.12. The predicted octanol–water partition coefficient (Wildman–Crippen LogP) is 2.91. The molecular weight excluding hydrogens is 334 g/mol. The van der Waals surface area contributed by atoms with E-state index in [0.717, 1.165) is 62.1 Å². The molecule has 3 rings (SSSR count). The van der Waals surface area contributed by atoms with Crippen molar-refractivity contribution in [3.05, 3.63) is 64.7 Å². The molecule has 1 heterocycles. The highest BCUT2D eigenvalue weighted by atomic mass is 35.5. The van der Waals surface area contributed by atoms with Gasteiger partial charge in [0.2, 0.25) is 0 Å². The van der Waals surface area contributed by atoms with Gasteiger partial charge in [-0.15, -0.1) is 0 Å². The van der Waals surface area contributed by atoms with Crippen LogP contribution in [0.5, 0.6) is 5.75 Å². The van der Waals surface area contributed by atoms with E-state index < -0.39 is 0 Å². The first-order chi connectivity index (χ1) is 12.3. The second-order valence-corrected chi connectivity index (χ2v) is 6.76. The lowest BCUT2D eigenvalue weighted by Crippen LogP contribution is -2.45. The first-order valence-corrected chi connectivity index (χ1v) is 9.27. The molecule has 1 aliphatic heterocycles. The highest BCUT2D eigenvalue weighted by Gasteiger charge is 2.08. The lowest BCUT2D eigenvalue weighted by Gasteiger charge is -2.27. The number of rotatable bonds is 8. The minimum Gasteiger partial charge on any atom is -0.489 e. The van der Waals surface area contributed by atoms with Crippen molar-refractivity contribution in [2.24, 2.45) is 0 Å². The summed E-state index contributed by atoms with van der Waals surface area (Å²) in [6.45, 7) is 8.11. The van der Waals surface area contributed by atoms with Crippen molar-refractivity contribution in [2.45, 2.75) is 13.2 Å². The van der Waals surface area contributed by atoms with E-state index in [0.29, 0.717) is 6.61 Å². The average Bonchev–Trinajstić information content (AvgIpc) is 2.67. The van der Waals surface area contributed by atoms with Crippen LogP contribution in [0.3, 0.4) is 0 Å². The van der Waals surface area contributed by atoms with E-state index in [-0.39, 0.29) is 0 Å². The summed E-state index contributed by atoms with van der Waals surface area (Å²) in [5.74, 6) is 0.888. The predicted molar refractivity (Wildman–Crippen MR) is 103 cm³/mol. The molecule has 4 nitrogen and oxygen atoms in total. The fourth-order valence-corrected chi connectivity index (χ4v) is 2.98. The highest BCUT2D eigenvalue weighted by molar-refractivity contribution is 6.30. The quantitative estimate of drug-likeness (QED) is 0.710. The van der Waals surface area contributed by atoms with E-state index in [1.54, 1.807) is 0 Å². The summed E-state index contributed by atoms with van der Waals surface area (Å²) in [4.78, 5) is 2.50. The van der Waals surface area contributed by atoms with Crippen molar-refractivity contribution in [1.29, 1.82) is 0 Å². The molecule has 1 saturated heterocycles. The molecule has 5 heteroatoms. The maximum absolute atomic E-state index is 5.89. The van der Waals surface area contributed by atoms with Gasteiger partial charge in [0.15, 0.2) is 0 Å². The Morgan fingerprint density at radius 3 is 2.36 bits per heavy atom. The molecule has 134 valence electrons. The summed E-state index contributed by atoms with van der Waals surface area (Å²) in [6.07, 6.45) is 0. The molecule has 0 aromatic heterocycles. The van der Waals surface area contributed by atoms with E-state index >= 15 is 0 Å². The van der Waals surface area contributed by atoms with Crippen LogP contribution in [0.4, 0.5) is 0 Å². The smallest absolute Gasteiger partial charge is 0.119 e. The van der Waals surface area contributed by atoms with Gasteiger partial charge in [-0.3, -0.25) is 4.90 Å². The van der Waals surface area contributed by atoms with Gasteiger partial charge < -0.3 is 15.4 Å². The Balaban J connectivity index is 1.35. The topological polar surface area (TPSA) is 36.5 Å². The van der Waals surface area contributed by atoms with Crippen LogP contribution in [0, 0.1) is 0 Å². The Hall–Kier alpha value is -1.59. The van der Waals surface area contributed by atoms with Crippen molar-refractivity contribution >= 4 is 11.6 Å². The fraction of sp³-hybridized carbons (Fsp3) is 0.400. The molecule has 0 amide bonds. The summed E-state index contributed by atoms with van der Waals surface area (Å²) in [5.41, 5.74) is 2.39. The monoisotopic (exact) mass is 359 g/mol. The minimum absolute atomic E-state index is 0.555. The summed E-state index contributed by atoms with van der Waals surface area (Å²) in [5, 5.41) is 7.64. The Bertz CT molecular complexity index is 624. The van der Waals surface area contributed by atoms with Crippen LogP contribution >= 0.6 is 11.6 Å². The van der Waals surface area contributed by atoms with Crippen LogP contribution in [-0.4, -0.2) is 44.2 Å². The standard InChI is InChI=1S/C20H26ClN3O/c21-19-5-1-18(2-6-19)16-25-20-7-3-17(4-8-20)15-23-11-14-24-12-9-22-10-13-24/h1-8,22-23H,9-16H2. The van der Waals surface area contributed by atoms with Gasteiger partial charge in [-0.05, 0) is 35.4 Å². The molecule has 0 atom stereocenters. The second kappa shape index (κ2) is 9.78. The number of halogens is 1. The van der Waals surface area contributed by atoms with E-state index in [4.69, 9.17) is 16.3 Å². The van der Waals surface area contributed by atoms with E-state index in [9.17, 15) is 0 Å². The van der Waals surface area contributed by atoms with Crippen LogP contribution in [0.25, 0.3) is 0 Å². The van der Waals surface area contributed by atoms with Crippen LogP contribution < -0.4 is 15.4 Å². The lowest BCUT2D eigenvalue weighted by molar-refractivity contribution is 0.241. The summed E-state index contributed by atoms with van der Waals surface area (Å²) < 4.78 is 5.82. The first-order valence-electron chi connectivity index (χ1n) is 8.89. The summed E-state index contributed by atoms with van der Waals surface area (Å²) in [7, 11) is 0. The van der Waals surface area contributed by atoms with E-state index in [1.807, 2.05) is 36.4 Å². The third-order valence-electron chi connectivity index (χ3n) is 4.39. The molecule has 25 heavy (non-hydrogen) atoms. The number of hydrogen-bond donors (Lipinski definition) is 2. The van der Waals surface area contributed by atoms with Crippen molar-refractivity contribution in [1.82, 2.24) is 15.5 Å². The maximum atomic E-state index is 5.89. The molecule has 2 aromatic rings. The normalized spacial score (nSPS) is 15.2. The Morgan fingerprint density at radius 2 is 1.64 bits per heavy atom. The number of piperazine rings is 1. The third kappa shape index (κ3) is 6.33. The Morgan fingerprint density at radius 1 is 0.960 bits per heavy atom. The minimum atomic E-state index is 0.555. The van der Waals surface area contributed by atoms with E-state index in [1.165, 1.54) is 5.56 Å². The molecule has 0 spiro atoms. The number of hydrogen-bond acceptors (Lipinski definition) is 4. The zero-order valence-corrected chi connectivity index (χ0v) is 15.3. The average molecular weight is 360 g/mol. The summed E-state index contributed by atoms with van der Waals surface area (Å²) in [6, 6.07) is 16.0. The summed E-state index contributed by atoms with van der Waals surface area (Å²) >= 11 is 5.89. The largest absolute Gasteiger partial charge is 0.489 e. The molecule has 2 N–H and O–H groups in total. The van der Waals surface area contributed by atoms with Gasteiger partial charge in [-0.25, -0.2) is 0 Å². The van der Waals surface area contributed by atoms with Gasteiger partial charge in [0, 0.05) is 50.8 Å². The van der Waals surface area contributed by atoms with Crippen LogP contribution in [-0.2, 0) is 13.2 Å². The zero-order chi connectivity index (χ0) is 17.3. The molecule has 0 radical (unpaired) electrons. The molecule has 0 bridgehead atoms. The molecule has 2 aromatic carbocycles. The van der Waals surface area contributed by atoms with Gasteiger partial charge in [-0.1, -0.05) is 35.9 Å². The van der Waals surface area contributed by atoms with Crippen molar-refractivity contribution in [2.75, 3.05) is 39.3 Å². The molecule has 0 aliphatic carbocycles. The van der Waals surface area contributed by atoms with Crippen LogP contribution in [0.2, 0.25) is 5.02 Å². The van der Waals surface area contributed by atoms with Gasteiger partial charge in [0.05, 0.1) is 0 Å². The van der Waals surface area contributed by atoms with E-state index in [2.05, 4.69) is 27.7 Å². The SMILES string of the molecule is Clc1ccc(COc2ccc(CNCCN3CCNCC3)cc2)cc1. The van der Waals surface area contributed by atoms with Gasteiger partial charge in [0.25, 0.3) is 0 Å². The second-order valence-electron chi connectivity index (χ2n) is 6.33. The number of nitrogens with zero attached hydrogens (tertiary/aromatic N) is 1. The number of ether oxygens (including phenoxy) is 1. The molecule has 0 saturated carbocycles. The van der Waals surface area contributed by atoms with Crippen molar-refractivity contribution < 1.29 is 4.74 Å². The lowest BCUT2D eigenvalue weighted by atomic mass is 10.2. The highest BCUT2D eigenvalue weighted by Crippen LogP contribution is 2.15. The molecule has 1 aliphatic rings. The molecule has 1 fully saturated rings. The number of benzene rings is 2. The van der Waals surface area contributed by atoms with Gasteiger partial charge >= 0.3 is 0 Å². The first kappa shape index (κ1) is 18.2. The van der Waals surface area contributed by atoms with Crippen LogP contribution in [0.15, 0.2) is 48.5 Å². The number of nitrogens with one attached hydrogen (secondary N) is 2. The maximum Gasteiger partial charge on any atom is 0.119 e. The van der Waals surface area contributed by atoms with Crippen LogP contribution in [0.1, 0.15) is 11.1 Å². The third-order valence-corrected chi connectivity index (χ3v) is 4.64. The molecule has 0 unspecified atom stereocenters. The zero-order valence-electron chi connectivity index (χ0n) is 14.5. The van der Waals surface area contributed by atoms with Gasteiger partial charge in [0.1, 0.15) is 12.4 Å². The Labute approximate surface area is 155 Å². The van der Waals surface area contributed by atoms with Crippen molar-refractivity contribution in [3.8, 4) is 5.75 Å². The fourth-order valence-electron chi connectivity index (χ4n) is 2.86. The van der Waals surface area contributed by atoms with Gasteiger partial charge in [-0.2, -0.15) is 0 Å².